The molecule has 1 aliphatic rings. The molecule has 1 aromatic heterocycles. The summed E-state index contributed by atoms with van der Waals surface area (Å²) < 4.78 is 0. The topological polar surface area (TPSA) is 30.0 Å². The minimum Gasteiger partial charge on any atom is -0.292 e. The average molecular weight is 272 g/mol. The first-order valence-electron chi connectivity index (χ1n) is 5.93. The van der Waals surface area contributed by atoms with Crippen molar-refractivity contribution in [2.45, 2.75) is 32.6 Å². The molecule has 1 aliphatic carbocycles. The number of carbonyl (C=O) groups is 1. The zero-order valence-corrected chi connectivity index (χ0v) is 11.3. The Morgan fingerprint density at radius 1 is 1.41 bits per heavy atom. The molecule has 1 fully saturated rings. The summed E-state index contributed by atoms with van der Waals surface area (Å²) in [4.78, 5) is 16.4. The van der Waals surface area contributed by atoms with Gasteiger partial charge in [-0.3, -0.25) is 4.79 Å². The number of nitrogens with zero attached hydrogens (tertiary/aromatic N) is 1. The van der Waals surface area contributed by atoms with Crippen LogP contribution < -0.4 is 0 Å². The number of hydrogen-bond acceptors (Lipinski definition) is 2. The van der Waals surface area contributed by atoms with Crippen LogP contribution in [0.3, 0.4) is 0 Å². The van der Waals surface area contributed by atoms with Crippen molar-refractivity contribution in [3.63, 3.8) is 0 Å². The van der Waals surface area contributed by atoms with Crippen molar-refractivity contribution >= 4 is 29.0 Å². The third-order valence-corrected chi connectivity index (χ3v) is 3.84. The second-order valence-electron chi connectivity index (χ2n) is 4.82. The first kappa shape index (κ1) is 12.8. The van der Waals surface area contributed by atoms with Gasteiger partial charge in [-0.15, -0.1) is 0 Å². The molecule has 92 valence electrons. The summed E-state index contributed by atoms with van der Waals surface area (Å²) in [5, 5.41) is 0.823. The standard InChI is InChI=1S/C13H15Cl2NO/c1-8-3-2-4-9(5-8)13(17)12-11(15)6-10(14)7-16-12/h6-9H,2-5H2,1H3. The van der Waals surface area contributed by atoms with E-state index >= 15 is 0 Å². The summed E-state index contributed by atoms with van der Waals surface area (Å²) in [6.45, 7) is 2.19. The maximum atomic E-state index is 12.3. The van der Waals surface area contributed by atoms with E-state index in [9.17, 15) is 4.79 Å². The van der Waals surface area contributed by atoms with Crippen molar-refractivity contribution < 1.29 is 4.79 Å². The lowest BCUT2D eigenvalue weighted by Gasteiger charge is -2.25. The van der Waals surface area contributed by atoms with Crippen LogP contribution in [0.15, 0.2) is 12.3 Å². The maximum absolute atomic E-state index is 12.3. The summed E-state index contributed by atoms with van der Waals surface area (Å²) in [6, 6.07) is 1.58. The zero-order chi connectivity index (χ0) is 12.4. The Kier molecular flexibility index (Phi) is 4.05. The lowest BCUT2D eigenvalue weighted by Crippen LogP contribution is -2.22. The Balaban J connectivity index is 2.18. The van der Waals surface area contributed by atoms with Gasteiger partial charge in [0.25, 0.3) is 0 Å². The number of ketones is 1. The second kappa shape index (κ2) is 5.36. The maximum Gasteiger partial charge on any atom is 0.185 e. The number of halogens is 2. The molecule has 0 bridgehead atoms. The highest BCUT2D eigenvalue weighted by Gasteiger charge is 2.27. The molecule has 0 aliphatic heterocycles. The van der Waals surface area contributed by atoms with E-state index in [2.05, 4.69) is 11.9 Å². The molecule has 2 rings (SSSR count). The van der Waals surface area contributed by atoms with Crippen LogP contribution in [0, 0.1) is 11.8 Å². The largest absolute Gasteiger partial charge is 0.292 e. The summed E-state index contributed by atoms with van der Waals surface area (Å²) in [5.74, 6) is 0.756. The van der Waals surface area contributed by atoms with E-state index in [0.29, 0.717) is 21.7 Å². The minimum absolute atomic E-state index is 0.0678. The van der Waals surface area contributed by atoms with Crippen molar-refractivity contribution in [1.29, 1.82) is 0 Å². The summed E-state index contributed by atoms with van der Waals surface area (Å²) in [5.41, 5.74) is 0.371. The van der Waals surface area contributed by atoms with Crippen molar-refractivity contribution in [3.05, 3.63) is 28.0 Å². The van der Waals surface area contributed by atoms with Gasteiger partial charge >= 0.3 is 0 Å². The van der Waals surface area contributed by atoms with Gasteiger partial charge in [0.1, 0.15) is 5.69 Å². The third kappa shape index (κ3) is 2.99. The molecular formula is C13H15Cl2NO. The molecule has 0 radical (unpaired) electrons. The van der Waals surface area contributed by atoms with Gasteiger partial charge in [0, 0.05) is 12.1 Å². The number of rotatable bonds is 2. The molecule has 0 N–H and O–H groups in total. The number of hydrogen-bond donors (Lipinski definition) is 0. The van der Waals surface area contributed by atoms with Crippen LogP contribution in [-0.2, 0) is 0 Å². The van der Waals surface area contributed by atoms with Crippen LogP contribution >= 0.6 is 23.2 Å². The fourth-order valence-electron chi connectivity index (χ4n) is 2.46. The predicted molar refractivity (Wildman–Crippen MR) is 69.7 cm³/mol. The highest BCUT2D eigenvalue weighted by atomic mass is 35.5. The normalized spacial score (nSPS) is 24.6. The van der Waals surface area contributed by atoms with Crippen LogP contribution in [0.4, 0.5) is 0 Å². The van der Waals surface area contributed by atoms with Gasteiger partial charge in [-0.1, -0.05) is 43.0 Å². The van der Waals surface area contributed by atoms with Gasteiger partial charge in [0.05, 0.1) is 10.0 Å². The summed E-state index contributed by atoms with van der Waals surface area (Å²) >= 11 is 11.8. The van der Waals surface area contributed by atoms with Crippen molar-refractivity contribution in [2.24, 2.45) is 11.8 Å². The van der Waals surface area contributed by atoms with E-state index in [1.807, 2.05) is 0 Å². The van der Waals surface area contributed by atoms with Crippen LogP contribution in [-0.4, -0.2) is 10.8 Å². The monoisotopic (exact) mass is 271 g/mol. The Hall–Kier alpha value is -0.600. The van der Waals surface area contributed by atoms with Gasteiger partial charge in [0.15, 0.2) is 5.78 Å². The van der Waals surface area contributed by atoms with Crippen LogP contribution in [0.1, 0.15) is 43.1 Å². The molecule has 1 aromatic rings. The van der Waals surface area contributed by atoms with Crippen LogP contribution in [0.2, 0.25) is 10.0 Å². The number of aromatic nitrogens is 1. The van der Waals surface area contributed by atoms with Crippen molar-refractivity contribution in [3.8, 4) is 0 Å². The van der Waals surface area contributed by atoms with Crippen molar-refractivity contribution in [1.82, 2.24) is 4.98 Å². The SMILES string of the molecule is CC1CCCC(C(=O)c2ncc(Cl)cc2Cl)C1. The molecule has 2 atom stereocenters. The number of Topliss-reactive ketones (excluding diaryl/α,β-unsaturated/α-hetero) is 1. The molecule has 0 aromatic carbocycles. The second-order valence-corrected chi connectivity index (χ2v) is 5.66. The zero-order valence-electron chi connectivity index (χ0n) is 9.75. The summed E-state index contributed by atoms with van der Waals surface area (Å²) in [7, 11) is 0. The van der Waals surface area contributed by atoms with Gasteiger partial charge in [-0.25, -0.2) is 4.98 Å². The molecule has 4 heteroatoms. The average Bonchev–Trinajstić information content (AvgIpc) is 2.28. The Morgan fingerprint density at radius 3 is 2.82 bits per heavy atom. The first-order valence-corrected chi connectivity index (χ1v) is 6.68. The number of pyridine rings is 1. The highest BCUT2D eigenvalue weighted by Crippen LogP contribution is 2.32. The lowest BCUT2D eigenvalue weighted by atomic mass is 9.79. The molecule has 2 unspecified atom stereocenters. The van der Waals surface area contributed by atoms with E-state index < -0.39 is 0 Å². The van der Waals surface area contributed by atoms with E-state index in [0.717, 1.165) is 19.3 Å². The highest BCUT2D eigenvalue weighted by molar-refractivity contribution is 6.36. The smallest absolute Gasteiger partial charge is 0.185 e. The van der Waals surface area contributed by atoms with E-state index in [4.69, 9.17) is 23.2 Å². The minimum atomic E-state index is 0.0678. The Bertz CT molecular complexity index is 433. The molecule has 0 amide bonds. The third-order valence-electron chi connectivity index (χ3n) is 3.35. The Morgan fingerprint density at radius 2 is 2.18 bits per heavy atom. The van der Waals surface area contributed by atoms with E-state index in [-0.39, 0.29) is 11.7 Å². The predicted octanol–water partition coefficient (Wildman–Crippen LogP) is 4.40. The summed E-state index contributed by atoms with van der Waals surface area (Å²) in [6.07, 6.45) is 5.70. The van der Waals surface area contributed by atoms with E-state index in [1.54, 1.807) is 6.07 Å². The Labute approximate surface area is 111 Å². The van der Waals surface area contributed by atoms with Crippen molar-refractivity contribution in [2.75, 3.05) is 0 Å². The fraction of sp³-hybridized carbons (Fsp3) is 0.538. The van der Waals surface area contributed by atoms with Crippen LogP contribution in [0.25, 0.3) is 0 Å². The molecule has 2 nitrogen and oxygen atoms in total. The lowest BCUT2D eigenvalue weighted by molar-refractivity contribution is 0.0863. The first-order chi connectivity index (χ1) is 8.08. The van der Waals surface area contributed by atoms with Gasteiger partial charge in [0.2, 0.25) is 0 Å². The molecular weight excluding hydrogens is 257 g/mol. The molecule has 17 heavy (non-hydrogen) atoms. The fourth-order valence-corrected chi connectivity index (χ4v) is 2.93. The number of carbonyl (C=O) groups excluding carboxylic acids is 1. The molecule has 1 saturated carbocycles. The van der Waals surface area contributed by atoms with E-state index in [1.165, 1.54) is 12.6 Å². The molecule has 0 saturated heterocycles. The van der Waals surface area contributed by atoms with Gasteiger partial charge in [-0.2, -0.15) is 0 Å². The van der Waals surface area contributed by atoms with Gasteiger partial charge in [-0.05, 0) is 24.8 Å². The molecule has 1 heterocycles. The molecule has 0 spiro atoms. The van der Waals surface area contributed by atoms with Crippen LogP contribution in [0.5, 0.6) is 0 Å². The van der Waals surface area contributed by atoms with Gasteiger partial charge < -0.3 is 0 Å². The quantitative estimate of drug-likeness (QED) is 0.747.